The van der Waals surface area contributed by atoms with Crippen LogP contribution in [0.25, 0.3) is 0 Å². The van der Waals surface area contributed by atoms with Crippen molar-refractivity contribution < 1.29 is 4.79 Å². The van der Waals surface area contributed by atoms with Gasteiger partial charge in [-0.05, 0) is 24.4 Å². The predicted octanol–water partition coefficient (Wildman–Crippen LogP) is 3.41. The van der Waals surface area contributed by atoms with Crippen LogP contribution in [0.4, 0.5) is 0 Å². The van der Waals surface area contributed by atoms with Gasteiger partial charge >= 0.3 is 0 Å². The van der Waals surface area contributed by atoms with E-state index in [0.717, 1.165) is 25.1 Å². The summed E-state index contributed by atoms with van der Waals surface area (Å²) in [6.07, 6.45) is 1.02. The molecule has 0 bridgehead atoms. The smallest absolute Gasteiger partial charge is 0.176 e. The summed E-state index contributed by atoms with van der Waals surface area (Å²) in [6.45, 7) is 11.0. The molecule has 2 nitrogen and oxygen atoms in total. The fourth-order valence-corrected chi connectivity index (χ4v) is 2.04. The molecule has 0 saturated heterocycles. The molecule has 0 fully saturated rings. The van der Waals surface area contributed by atoms with Gasteiger partial charge in [0.1, 0.15) is 0 Å². The number of nitrogens with zero attached hydrogens (tertiary/aromatic N) is 1. The second-order valence-corrected chi connectivity index (χ2v) is 5.20. The molecule has 1 aromatic carbocycles. The van der Waals surface area contributed by atoms with E-state index in [1.807, 2.05) is 24.3 Å². The van der Waals surface area contributed by atoms with E-state index in [4.69, 9.17) is 0 Å². The molecule has 1 aromatic rings. The van der Waals surface area contributed by atoms with Gasteiger partial charge in [-0.25, -0.2) is 0 Å². The number of benzene rings is 1. The number of ketones is 1. The summed E-state index contributed by atoms with van der Waals surface area (Å²) in [6, 6.07) is 7.99. The molecule has 0 aliphatic heterocycles. The molecule has 18 heavy (non-hydrogen) atoms. The highest BCUT2D eigenvalue weighted by Gasteiger charge is 2.12. The van der Waals surface area contributed by atoms with Crippen LogP contribution in [0.1, 0.15) is 43.6 Å². The minimum absolute atomic E-state index is 0.222. The monoisotopic (exact) mass is 247 g/mol. The first-order valence-corrected chi connectivity index (χ1v) is 6.91. The van der Waals surface area contributed by atoms with Crippen molar-refractivity contribution in [3.63, 3.8) is 0 Å². The van der Waals surface area contributed by atoms with Gasteiger partial charge in [-0.15, -0.1) is 0 Å². The molecule has 0 amide bonds. The predicted molar refractivity (Wildman–Crippen MR) is 77.1 cm³/mol. The van der Waals surface area contributed by atoms with E-state index in [1.165, 1.54) is 5.56 Å². The van der Waals surface area contributed by atoms with Gasteiger partial charge in [-0.3, -0.25) is 9.69 Å². The Kier molecular flexibility index (Phi) is 6.06. The molecule has 100 valence electrons. The Morgan fingerprint density at radius 2 is 1.78 bits per heavy atom. The zero-order chi connectivity index (χ0) is 13.5. The Labute approximate surface area is 111 Å². The molecular formula is C16H25NO. The average molecular weight is 247 g/mol. The molecule has 0 aliphatic carbocycles. The topological polar surface area (TPSA) is 20.3 Å². The lowest BCUT2D eigenvalue weighted by Gasteiger charge is -2.21. The van der Waals surface area contributed by atoms with E-state index >= 15 is 0 Å². The highest BCUT2D eigenvalue weighted by molar-refractivity contribution is 5.97. The second-order valence-electron chi connectivity index (χ2n) is 5.20. The van der Waals surface area contributed by atoms with Gasteiger partial charge in [0.2, 0.25) is 0 Å². The molecule has 0 spiro atoms. The number of hydrogen-bond donors (Lipinski definition) is 0. The number of Topliss-reactive ketones (excluding diaryl/α,β-unsaturated/α-hetero) is 1. The minimum atomic E-state index is 0.222. The average Bonchev–Trinajstić information content (AvgIpc) is 2.37. The van der Waals surface area contributed by atoms with Gasteiger partial charge in [-0.1, -0.05) is 52.0 Å². The van der Waals surface area contributed by atoms with Crippen molar-refractivity contribution in [3.05, 3.63) is 35.4 Å². The van der Waals surface area contributed by atoms with Crippen LogP contribution in [0, 0.1) is 5.92 Å². The van der Waals surface area contributed by atoms with Gasteiger partial charge in [-0.2, -0.15) is 0 Å². The van der Waals surface area contributed by atoms with E-state index in [1.54, 1.807) is 0 Å². The number of hydrogen-bond acceptors (Lipinski definition) is 2. The zero-order valence-electron chi connectivity index (χ0n) is 12.1. The highest BCUT2D eigenvalue weighted by atomic mass is 16.1. The Bertz CT molecular complexity index is 367. The van der Waals surface area contributed by atoms with E-state index in [0.29, 0.717) is 12.5 Å². The minimum Gasteiger partial charge on any atom is -0.296 e. The normalized spacial score (nSPS) is 11.2. The standard InChI is InChI=1S/C16H25NO/c1-5-14-7-9-15(10-8-14)16(18)12-17(6-2)11-13(3)4/h7-10,13H,5-6,11-12H2,1-4H3. The molecule has 1 rings (SSSR count). The van der Waals surface area contributed by atoms with Crippen LogP contribution in [0.2, 0.25) is 0 Å². The summed E-state index contributed by atoms with van der Waals surface area (Å²) in [7, 11) is 0. The first kappa shape index (κ1) is 14.9. The van der Waals surface area contributed by atoms with Gasteiger partial charge in [0, 0.05) is 12.1 Å². The quantitative estimate of drug-likeness (QED) is 0.688. The first-order valence-electron chi connectivity index (χ1n) is 6.91. The molecule has 0 heterocycles. The van der Waals surface area contributed by atoms with Gasteiger partial charge in [0.05, 0.1) is 6.54 Å². The molecular weight excluding hydrogens is 222 g/mol. The van der Waals surface area contributed by atoms with Crippen molar-refractivity contribution in [2.45, 2.75) is 34.1 Å². The lowest BCUT2D eigenvalue weighted by atomic mass is 10.1. The summed E-state index contributed by atoms with van der Waals surface area (Å²) in [5.74, 6) is 0.820. The summed E-state index contributed by atoms with van der Waals surface area (Å²) in [5, 5.41) is 0. The van der Waals surface area contributed by atoms with Crippen molar-refractivity contribution in [2.24, 2.45) is 5.92 Å². The third-order valence-electron chi connectivity index (χ3n) is 3.12. The molecule has 0 atom stereocenters. The summed E-state index contributed by atoms with van der Waals surface area (Å²) in [4.78, 5) is 14.4. The maximum Gasteiger partial charge on any atom is 0.176 e. The van der Waals surface area contributed by atoms with Crippen LogP contribution in [0.3, 0.4) is 0 Å². The Morgan fingerprint density at radius 1 is 1.17 bits per heavy atom. The highest BCUT2D eigenvalue weighted by Crippen LogP contribution is 2.07. The summed E-state index contributed by atoms with van der Waals surface area (Å²) >= 11 is 0. The van der Waals surface area contributed by atoms with E-state index in [-0.39, 0.29) is 5.78 Å². The molecule has 0 unspecified atom stereocenters. The van der Waals surface area contributed by atoms with Crippen molar-refractivity contribution in [2.75, 3.05) is 19.6 Å². The second kappa shape index (κ2) is 7.32. The molecule has 0 radical (unpaired) electrons. The Morgan fingerprint density at radius 3 is 2.22 bits per heavy atom. The summed E-state index contributed by atoms with van der Waals surface area (Å²) in [5.41, 5.74) is 2.11. The first-order chi connectivity index (χ1) is 8.56. The largest absolute Gasteiger partial charge is 0.296 e. The van der Waals surface area contributed by atoms with Crippen LogP contribution in [0.5, 0.6) is 0 Å². The molecule has 2 heteroatoms. The van der Waals surface area contributed by atoms with E-state index < -0.39 is 0 Å². The van der Waals surface area contributed by atoms with Crippen molar-refractivity contribution in [1.82, 2.24) is 4.90 Å². The van der Waals surface area contributed by atoms with Gasteiger partial charge in [0.15, 0.2) is 5.78 Å². The van der Waals surface area contributed by atoms with E-state index in [2.05, 4.69) is 32.6 Å². The summed E-state index contributed by atoms with van der Waals surface area (Å²) < 4.78 is 0. The van der Waals surface area contributed by atoms with Gasteiger partial charge in [0.25, 0.3) is 0 Å². The number of rotatable bonds is 7. The molecule has 0 aromatic heterocycles. The fraction of sp³-hybridized carbons (Fsp3) is 0.562. The van der Waals surface area contributed by atoms with Crippen LogP contribution < -0.4 is 0 Å². The molecule has 0 saturated carbocycles. The lowest BCUT2D eigenvalue weighted by molar-refractivity contribution is 0.0926. The number of carbonyl (C=O) groups is 1. The molecule has 0 N–H and O–H groups in total. The van der Waals surface area contributed by atoms with Crippen LogP contribution in [-0.2, 0) is 6.42 Å². The van der Waals surface area contributed by atoms with E-state index in [9.17, 15) is 4.79 Å². The Hall–Kier alpha value is -1.15. The van der Waals surface area contributed by atoms with Crippen molar-refractivity contribution in [1.29, 1.82) is 0 Å². The third-order valence-corrected chi connectivity index (χ3v) is 3.12. The lowest BCUT2D eigenvalue weighted by Crippen LogP contribution is -2.32. The van der Waals surface area contributed by atoms with Crippen LogP contribution in [0.15, 0.2) is 24.3 Å². The SMILES string of the molecule is CCc1ccc(C(=O)CN(CC)CC(C)C)cc1. The maximum absolute atomic E-state index is 12.2. The Balaban J connectivity index is 2.62. The van der Waals surface area contributed by atoms with Crippen molar-refractivity contribution in [3.8, 4) is 0 Å². The van der Waals surface area contributed by atoms with Crippen LogP contribution in [-0.4, -0.2) is 30.3 Å². The number of likely N-dealkylation sites (N-methyl/N-ethyl adjacent to an activating group) is 1. The molecule has 0 aliphatic rings. The maximum atomic E-state index is 12.2. The zero-order valence-corrected chi connectivity index (χ0v) is 12.1. The number of aryl methyl sites for hydroxylation is 1. The number of carbonyl (C=O) groups excluding carboxylic acids is 1. The third kappa shape index (κ3) is 4.61. The van der Waals surface area contributed by atoms with Crippen LogP contribution >= 0.6 is 0 Å². The van der Waals surface area contributed by atoms with Gasteiger partial charge < -0.3 is 0 Å². The fourth-order valence-electron chi connectivity index (χ4n) is 2.04. The van der Waals surface area contributed by atoms with Crippen molar-refractivity contribution >= 4 is 5.78 Å².